The summed E-state index contributed by atoms with van der Waals surface area (Å²) in [5.41, 5.74) is 3.19. The first kappa shape index (κ1) is 12.3. The van der Waals surface area contributed by atoms with Crippen LogP contribution in [0.5, 0.6) is 0 Å². The lowest BCUT2D eigenvalue weighted by Crippen LogP contribution is -2.02. The van der Waals surface area contributed by atoms with Crippen LogP contribution in [0.4, 0.5) is 4.39 Å². The van der Waals surface area contributed by atoms with Gasteiger partial charge in [0.15, 0.2) is 0 Å². The molecule has 3 heteroatoms. The fourth-order valence-electron chi connectivity index (χ4n) is 1.89. The Morgan fingerprint density at radius 1 is 1.11 bits per heavy atom. The summed E-state index contributed by atoms with van der Waals surface area (Å²) >= 11 is 0. The molecule has 0 fully saturated rings. The first-order chi connectivity index (χ1) is 8.49. The Balaban J connectivity index is 2.56. The van der Waals surface area contributed by atoms with Crippen molar-refractivity contribution in [3.05, 3.63) is 58.9 Å². The zero-order valence-electron chi connectivity index (χ0n) is 10.2. The Hall–Kier alpha value is -2.16. The highest BCUT2D eigenvalue weighted by Crippen LogP contribution is 2.26. The number of hydrogen-bond donors (Lipinski definition) is 1. The highest BCUT2D eigenvalue weighted by atomic mass is 19.1. The van der Waals surface area contributed by atoms with Crippen LogP contribution in [0, 0.1) is 19.7 Å². The maximum atomic E-state index is 13.7. The topological polar surface area (TPSA) is 37.3 Å². The van der Waals surface area contributed by atoms with Crippen LogP contribution in [0.2, 0.25) is 0 Å². The van der Waals surface area contributed by atoms with Crippen molar-refractivity contribution in [3.63, 3.8) is 0 Å². The molecule has 0 saturated carbocycles. The molecule has 0 aromatic heterocycles. The van der Waals surface area contributed by atoms with E-state index in [1.165, 1.54) is 12.1 Å². The summed E-state index contributed by atoms with van der Waals surface area (Å²) in [6.45, 7) is 3.76. The summed E-state index contributed by atoms with van der Waals surface area (Å²) in [4.78, 5) is 10.8. The SMILES string of the molecule is Cc1ccc(-c2cc(F)c(C(=O)O)cc2C)cc1. The van der Waals surface area contributed by atoms with Gasteiger partial charge in [-0.2, -0.15) is 0 Å². The third-order valence-electron chi connectivity index (χ3n) is 2.91. The molecule has 0 unspecified atom stereocenters. The standard InChI is InChI=1S/C15H13FO2/c1-9-3-5-11(6-4-9)12-8-14(16)13(15(17)18)7-10(12)2/h3-8H,1-2H3,(H,17,18). The number of rotatable bonds is 2. The molecule has 0 aliphatic rings. The average Bonchev–Trinajstić information content (AvgIpc) is 2.32. The third kappa shape index (κ3) is 2.25. The van der Waals surface area contributed by atoms with Crippen molar-refractivity contribution in [3.8, 4) is 11.1 Å². The monoisotopic (exact) mass is 244 g/mol. The maximum Gasteiger partial charge on any atom is 0.338 e. The molecule has 0 radical (unpaired) electrons. The van der Waals surface area contributed by atoms with Crippen molar-refractivity contribution in [2.24, 2.45) is 0 Å². The minimum atomic E-state index is -1.24. The number of hydrogen-bond acceptors (Lipinski definition) is 1. The first-order valence-corrected chi connectivity index (χ1v) is 5.59. The van der Waals surface area contributed by atoms with Gasteiger partial charge in [-0.3, -0.25) is 0 Å². The Bertz CT molecular complexity index is 601. The summed E-state index contributed by atoms with van der Waals surface area (Å²) in [5.74, 6) is -1.95. The van der Waals surface area contributed by atoms with Crippen LogP contribution >= 0.6 is 0 Å². The zero-order chi connectivity index (χ0) is 13.3. The minimum Gasteiger partial charge on any atom is -0.478 e. The molecule has 0 atom stereocenters. The van der Waals surface area contributed by atoms with Crippen LogP contribution in [0.25, 0.3) is 11.1 Å². The summed E-state index contributed by atoms with van der Waals surface area (Å²) in [7, 11) is 0. The molecule has 2 nitrogen and oxygen atoms in total. The van der Waals surface area contributed by atoms with E-state index in [-0.39, 0.29) is 5.56 Å². The van der Waals surface area contributed by atoms with Crippen LogP contribution in [-0.4, -0.2) is 11.1 Å². The predicted molar refractivity (Wildman–Crippen MR) is 68.3 cm³/mol. The summed E-state index contributed by atoms with van der Waals surface area (Å²) < 4.78 is 13.7. The normalized spacial score (nSPS) is 10.4. The number of carboxylic acid groups (broad SMARTS) is 1. The van der Waals surface area contributed by atoms with Gasteiger partial charge in [-0.05, 0) is 42.7 Å². The lowest BCUT2D eigenvalue weighted by molar-refractivity contribution is 0.0692. The van der Waals surface area contributed by atoms with Crippen LogP contribution in [-0.2, 0) is 0 Å². The van der Waals surface area contributed by atoms with Crippen LogP contribution in [0.1, 0.15) is 21.5 Å². The number of halogens is 1. The number of carbonyl (C=O) groups is 1. The van der Waals surface area contributed by atoms with Gasteiger partial charge in [0.1, 0.15) is 5.82 Å². The van der Waals surface area contributed by atoms with E-state index in [9.17, 15) is 9.18 Å². The summed E-state index contributed by atoms with van der Waals surface area (Å²) in [6.07, 6.45) is 0. The van der Waals surface area contributed by atoms with E-state index in [4.69, 9.17) is 5.11 Å². The maximum absolute atomic E-state index is 13.7. The van der Waals surface area contributed by atoms with Gasteiger partial charge in [0.2, 0.25) is 0 Å². The van der Waals surface area contributed by atoms with E-state index >= 15 is 0 Å². The second-order valence-electron chi connectivity index (χ2n) is 4.32. The van der Waals surface area contributed by atoms with Crippen molar-refractivity contribution < 1.29 is 14.3 Å². The zero-order valence-corrected chi connectivity index (χ0v) is 10.2. The molecule has 2 rings (SSSR count). The molecule has 1 N–H and O–H groups in total. The molecule has 18 heavy (non-hydrogen) atoms. The number of benzene rings is 2. The molecular formula is C15H13FO2. The van der Waals surface area contributed by atoms with Crippen LogP contribution in [0.3, 0.4) is 0 Å². The van der Waals surface area contributed by atoms with Gasteiger partial charge in [0, 0.05) is 0 Å². The van der Waals surface area contributed by atoms with Crippen LogP contribution < -0.4 is 0 Å². The van der Waals surface area contributed by atoms with E-state index in [1.807, 2.05) is 31.2 Å². The molecule has 0 aliphatic carbocycles. The molecule has 0 bridgehead atoms. The van der Waals surface area contributed by atoms with Crippen molar-refractivity contribution in [2.45, 2.75) is 13.8 Å². The first-order valence-electron chi connectivity index (χ1n) is 5.59. The number of carboxylic acids is 1. The summed E-state index contributed by atoms with van der Waals surface area (Å²) in [5, 5.41) is 8.85. The number of aryl methyl sites for hydroxylation is 2. The largest absolute Gasteiger partial charge is 0.478 e. The fourth-order valence-corrected chi connectivity index (χ4v) is 1.89. The van der Waals surface area contributed by atoms with E-state index in [0.29, 0.717) is 0 Å². The van der Waals surface area contributed by atoms with Gasteiger partial charge < -0.3 is 5.11 Å². The van der Waals surface area contributed by atoms with Gasteiger partial charge in [-0.1, -0.05) is 29.8 Å². The molecule has 0 aliphatic heterocycles. The second-order valence-corrected chi connectivity index (χ2v) is 4.32. The molecule has 2 aromatic rings. The van der Waals surface area contributed by atoms with Gasteiger partial charge in [0.05, 0.1) is 5.56 Å². The highest BCUT2D eigenvalue weighted by Gasteiger charge is 2.13. The van der Waals surface area contributed by atoms with Crippen LogP contribution in [0.15, 0.2) is 36.4 Å². The highest BCUT2D eigenvalue weighted by molar-refractivity contribution is 5.89. The van der Waals surface area contributed by atoms with E-state index in [0.717, 1.165) is 22.3 Å². The molecule has 0 heterocycles. The van der Waals surface area contributed by atoms with Gasteiger partial charge >= 0.3 is 5.97 Å². The molecule has 2 aromatic carbocycles. The molecular weight excluding hydrogens is 231 g/mol. The molecule has 0 spiro atoms. The lowest BCUT2D eigenvalue weighted by Gasteiger charge is -2.08. The molecule has 92 valence electrons. The fraction of sp³-hybridized carbons (Fsp3) is 0.133. The summed E-state index contributed by atoms with van der Waals surface area (Å²) in [6, 6.07) is 10.3. The van der Waals surface area contributed by atoms with Gasteiger partial charge in [-0.15, -0.1) is 0 Å². The van der Waals surface area contributed by atoms with Crippen molar-refractivity contribution in [1.82, 2.24) is 0 Å². The Morgan fingerprint density at radius 2 is 1.72 bits per heavy atom. The van der Waals surface area contributed by atoms with E-state index < -0.39 is 11.8 Å². The van der Waals surface area contributed by atoms with E-state index in [2.05, 4.69) is 0 Å². The smallest absolute Gasteiger partial charge is 0.338 e. The van der Waals surface area contributed by atoms with Crippen molar-refractivity contribution in [1.29, 1.82) is 0 Å². The average molecular weight is 244 g/mol. The van der Waals surface area contributed by atoms with Crippen molar-refractivity contribution in [2.75, 3.05) is 0 Å². The Morgan fingerprint density at radius 3 is 2.28 bits per heavy atom. The van der Waals surface area contributed by atoms with Crippen molar-refractivity contribution >= 4 is 5.97 Å². The van der Waals surface area contributed by atoms with Gasteiger partial charge in [-0.25, -0.2) is 9.18 Å². The Labute approximate surface area is 105 Å². The minimum absolute atomic E-state index is 0.289. The number of aromatic carboxylic acids is 1. The molecule has 0 saturated heterocycles. The van der Waals surface area contributed by atoms with E-state index in [1.54, 1.807) is 6.92 Å². The quantitative estimate of drug-likeness (QED) is 0.872. The second kappa shape index (κ2) is 4.61. The molecule has 0 amide bonds. The predicted octanol–water partition coefficient (Wildman–Crippen LogP) is 3.81. The van der Waals surface area contributed by atoms with Gasteiger partial charge in [0.25, 0.3) is 0 Å². The lowest BCUT2D eigenvalue weighted by atomic mass is 9.97. The third-order valence-corrected chi connectivity index (χ3v) is 2.91. The Kier molecular flexibility index (Phi) is 3.15.